The molecule has 5 atom stereocenters. The number of hydrogen-bond donors (Lipinski definition) is 2. The monoisotopic (exact) mass is 642 g/mol. The molecule has 43 heavy (non-hydrogen) atoms. The SMILES string of the molecule is CO[C@H]1C(OP(O)(=S)OC(C)(C)C)[C@@H](COC(=O)OCc2ccccc2)O[C@H]1CCCNC(=O)CCN1C(=O)C=CC1=O. The van der Waals surface area contributed by atoms with Gasteiger partial charge in [-0.3, -0.25) is 23.8 Å². The number of methoxy groups -OCH3 is 1. The van der Waals surface area contributed by atoms with Crippen molar-refractivity contribution in [2.24, 2.45) is 0 Å². The summed E-state index contributed by atoms with van der Waals surface area (Å²) in [7, 11) is 1.46. The summed E-state index contributed by atoms with van der Waals surface area (Å²) in [6, 6.07) is 9.11. The lowest BCUT2D eigenvalue weighted by atomic mass is 10.0. The number of hydrogen-bond acceptors (Lipinski definition) is 11. The van der Waals surface area contributed by atoms with Gasteiger partial charge in [0.25, 0.3) is 11.8 Å². The van der Waals surface area contributed by atoms with E-state index in [0.717, 1.165) is 10.5 Å². The zero-order valence-corrected chi connectivity index (χ0v) is 26.3. The second-order valence-electron chi connectivity index (χ2n) is 10.9. The van der Waals surface area contributed by atoms with Crippen LogP contribution in [0.2, 0.25) is 0 Å². The first-order chi connectivity index (χ1) is 20.3. The molecule has 2 heterocycles. The first kappa shape index (κ1) is 34.8. The van der Waals surface area contributed by atoms with Gasteiger partial charge in [-0.25, -0.2) is 4.79 Å². The van der Waals surface area contributed by atoms with Gasteiger partial charge < -0.3 is 33.7 Å². The van der Waals surface area contributed by atoms with E-state index in [-0.39, 0.29) is 32.1 Å². The molecule has 1 fully saturated rings. The van der Waals surface area contributed by atoms with Crippen LogP contribution in [0.1, 0.15) is 45.6 Å². The third kappa shape index (κ3) is 11.4. The maximum absolute atomic E-state index is 12.3. The number of ether oxygens (including phenoxy) is 4. The number of imide groups is 1. The lowest BCUT2D eigenvalue weighted by Crippen LogP contribution is -2.39. The average molecular weight is 643 g/mol. The van der Waals surface area contributed by atoms with Gasteiger partial charge in [0.2, 0.25) is 5.91 Å². The van der Waals surface area contributed by atoms with Gasteiger partial charge in [-0.15, -0.1) is 0 Å². The highest BCUT2D eigenvalue weighted by Crippen LogP contribution is 2.51. The Labute approximate surface area is 256 Å². The molecule has 2 unspecified atom stereocenters. The van der Waals surface area contributed by atoms with Gasteiger partial charge in [0.15, 0.2) is 0 Å². The Morgan fingerprint density at radius 1 is 1.07 bits per heavy atom. The van der Waals surface area contributed by atoms with Crippen molar-refractivity contribution < 1.29 is 52.1 Å². The van der Waals surface area contributed by atoms with Crippen LogP contribution in [0.25, 0.3) is 0 Å². The zero-order valence-electron chi connectivity index (χ0n) is 24.6. The van der Waals surface area contributed by atoms with Gasteiger partial charge in [0, 0.05) is 38.8 Å². The average Bonchev–Trinajstić information content (AvgIpc) is 3.43. The smallest absolute Gasteiger partial charge is 0.431 e. The van der Waals surface area contributed by atoms with Crippen LogP contribution in [0.15, 0.2) is 42.5 Å². The maximum Gasteiger partial charge on any atom is 0.508 e. The van der Waals surface area contributed by atoms with Crippen LogP contribution >= 0.6 is 6.72 Å². The molecule has 238 valence electrons. The van der Waals surface area contributed by atoms with Gasteiger partial charge >= 0.3 is 12.9 Å². The summed E-state index contributed by atoms with van der Waals surface area (Å²) >= 11 is 5.25. The van der Waals surface area contributed by atoms with E-state index in [2.05, 4.69) is 5.32 Å². The number of nitrogens with zero attached hydrogens (tertiary/aromatic N) is 1. The topological polar surface area (TPSA) is 159 Å². The predicted molar refractivity (Wildman–Crippen MR) is 157 cm³/mol. The summed E-state index contributed by atoms with van der Waals surface area (Å²) in [6.45, 7) is 1.47. The van der Waals surface area contributed by atoms with Gasteiger partial charge in [-0.2, -0.15) is 0 Å². The molecule has 0 saturated carbocycles. The largest absolute Gasteiger partial charge is 0.508 e. The number of rotatable bonds is 15. The third-order valence-electron chi connectivity index (χ3n) is 6.34. The molecule has 2 N–H and O–H groups in total. The third-order valence-corrected chi connectivity index (χ3v) is 8.11. The lowest BCUT2D eigenvalue weighted by Gasteiger charge is -2.30. The number of carbonyl (C=O) groups is 4. The molecule has 1 saturated heterocycles. The summed E-state index contributed by atoms with van der Waals surface area (Å²) in [4.78, 5) is 59.6. The highest BCUT2D eigenvalue weighted by atomic mass is 32.5. The molecular formula is C28H39N2O11PS. The Kier molecular flexibility index (Phi) is 12.8. The molecule has 1 aromatic rings. The second kappa shape index (κ2) is 15.8. The normalized spacial score (nSPS) is 23.3. The van der Waals surface area contributed by atoms with Crippen molar-refractivity contribution in [2.75, 3.05) is 26.8 Å². The van der Waals surface area contributed by atoms with Gasteiger partial charge in [-0.05, 0) is 51.0 Å². The van der Waals surface area contributed by atoms with Gasteiger partial charge in [0.1, 0.15) is 31.5 Å². The maximum atomic E-state index is 12.3. The Morgan fingerprint density at radius 3 is 2.37 bits per heavy atom. The zero-order chi connectivity index (χ0) is 31.6. The quantitative estimate of drug-likeness (QED) is 0.125. The van der Waals surface area contributed by atoms with Crippen LogP contribution in [-0.4, -0.2) is 90.5 Å². The highest BCUT2D eigenvalue weighted by Gasteiger charge is 2.48. The fourth-order valence-electron chi connectivity index (χ4n) is 4.50. The van der Waals surface area contributed by atoms with Crippen LogP contribution in [0.3, 0.4) is 0 Å². The molecule has 0 aromatic heterocycles. The van der Waals surface area contributed by atoms with Crippen molar-refractivity contribution >= 4 is 42.4 Å². The molecule has 2 aliphatic heterocycles. The number of benzene rings is 1. The van der Waals surface area contributed by atoms with Crippen molar-refractivity contribution in [3.63, 3.8) is 0 Å². The van der Waals surface area contributed by atoms with E-state index >= 15 is 0 Å². The second-order valence-corrected chi connectivity index (χ2v) is 13.6. The standard InChI is InChI=1S/C28H39N2O11PS/c1-28(2,3)41-42(35,43)40-26-21(18-38-27(34)37-17-19-9-6-5-7-10-19)39-20(25(26)36-4)11-8-15-29-22(31)14-16-30-23(32)12-13-24(30)33/h5-7,9-10,12-13,20-21,25-26H,8,11,14-18H2,1-4H3,(H,29,31)(H,35,43)/t20-,21+,25+,26?,42?/m0/s1. The van der Waals surface area contributed by atoms with Crippen LogP contribution < -0.4 is 5.32 Å². The minimum atomic E-state index is -3.76. The number of nitrogens with one attached hydrogen (secondary N) is 1. The van der Waals surface area contributed by atoms with E-state index in [1.54, 1.807) is 20.8 Å². The molecule has 0 radical (unpaired) electrons. The van der Waals surface area contributed by atoms with Crippen LogP contribution in [0, 0.1) is 0 Å². The van der Waals surface area contributed by atoms with E-state index in [0.29, 0.717) is 19.4 Å². The molecule has 13 nitrogen and oxygen atoms in total. The highest BCUT2D eigenvalue weighted by molar-refractivity contribution is 8.07. The summed E-state index contributed by atoms with van der Waals surface area (Å²) in [5.41, 5.74) is 0.00273. The van der Waals surface area contributed by atoms with Crippen LogP contribution in [0.4, 0.5) is 4.79 Å². The number of carbonyl (C=O) groups excluding carboxylic acids is 4. The Bertz CT molecular complexity index is 1190. The molecule has 0 bridgehead atoms. The number of amides is 3. The molecule has 0 spiro atoms. The van der Waals surface area contributed by atoms with E-state index in [4.69, 9.17) is 39.8 Å². The summed E-state index contributed by atoms with van der Waals surface area (Å²) < 4.78 is 33.7. The molecule has 3 amide bonds. The molecular weight excluding hydrogens is 603 g/mol. The molecule has 3 rings (SSSR count). The van der Waals surface area contributed by atoms with Crippen molar-refractivity contribution in [3.05, 3.63) is 48.0 Å². The Hall–Kier alpha value is -2.71. The molecule has 1 aromatic carbocycles. The van der Waals surface area contributed by atoms with Crippen LogP contribution in [0.5, 0.6) is 0 Å². The molecule has 15 heteroatoms. The Balaban J connectivity index is 1.54. The van der Waals surface area contributed by atoms with Crippen molar-refractivity contribution in [1.29, 1.82) is 0 Å². The van der Waals surface area contributed by atoms with Gasteiger partial charge in [0.05, 0.1) is 11.7 Å². The van der Waals surface area contributed by atoms with Crippen molar-refractivity contribution in [1.82, 2.24) is 10.2 Å². The first-order valence-electron chi connectivity index (χ1n) is 13.8. The minimum Gasteiger partial charge on any atom is -0.431 e. The lowest BCUT2D eigenvalue weighted by molar-refractivity contribution is -0.137. The van der Waals surface area contributed by atoms with Crippen molar-refractivity contribution in [3.8, 4) is 0 Å². The van der Waals surface area contributed by atoms with E-state index < -0.39 is 54.7 Å². The summed E-state index contributed by atoms with van der Waals surface area (Å²) in [6.07, 6.45) is -0.774. The van der Waals surface area contributed by atoms with E-state index in [9.17, 15) is 24.1 Å². The van der Waals surface area contributed by atoms with E-state index in [1.807, 2.05) is 30.3 Å². The Morgan fingerprint density at radius 2 is 1.74 bits per heavy atom. The van der Waals surface area contributed by atoms with Crippen molar-refractivity contribution in [2.45, 2.75) is 76.7 Å². The first-order valence-corrected chi connectivity index (χ1v) is 16.4. The minimum absolute atomic E-state index is 0.00774. The van der Waals surface area contributed by atoms with Crippen LogP contribution in [-0.2, 0) is 60.8 Å². The fourth-order valence-corrected chi connectivity index (χ4v) is 6.76. The van der Waals surface area contributed by atoms with Gasteiger partial charge in [-0.1, -0.05) is 30.3 Å². The molecule has 2 aliphatic rings. The predicted octanol–water partition coefficient (Wildman–Crippen LogP) is 2.75. The van der Waals surface area contributed by atoms with E-state index in [1.165, 1.54) is 19.3 Å². The summed E-state index contributed by atoms with van der Waals surface area (Å²) in [5, 5.41) is 2.75. The fraction of sp³-hybridized carbons (Fsp3) is 0.571. The summed E-state index contributed by atoms with van der Waals surface area (Å²) in [5.74, 6) is -1.20. The molecule has 0 aliphatic carbocycles.